The lowest BCUT2D eigenvalue weighted by Crippen LogP contribution is -2.58. The summed E-state index contributed by atoms with van der Waals surface area (Å²) >= 11 is 0. The van der Waals surface area contributed by atoms with Crippen LogP contribution in [0.5, 0.6) is 5.75 Å². The van der Waals surface area contributed by atoms with Gasteiger partial charge in [0, 0.05) is 32.1 Å². The molecule has 0 radical (unpaired) electrons. The molecule has 0 spiro atoms. The number of guanidine groups is 1. The molecule has 4 rings (SSSR count). The zero-order valence-electron chi connectivity index (χ0n) is 20.0. The Bertz CT molecular complexity index is 1050. The molecule has 2 aliphatic rings. The van der Waals surface area contributed by atoms with Crippen LogP contribution in [0.25, 0.3) is 0 Å². The van der Waals surface area contributed by atoms with E-state index in [1.165, 1.54) is 24.3 Å². The zero-order valence-corrected chi connectivity index (χ0v) is 20.0. The molecule has 1 heterocycles. The molecule has 36 heavy (non-hydrogen) atoms. The number of hydrogen-bond donors (Lipinski definition) is 2. The average molecular weight is 505 g/mol. The number of aliphatic hydroxyl groups is 1. The largest absolute Gasteiger partial charge is 0.573 e. The van der Waals surface area contributed by atoms with Gasteiger partial charge >= 0.3 is 6.36 Å². The Kier molecular flexibility index (Phi) is 7.73. The Morgan fingerprint density at radius 1 is 0.972 bits per heavy atom. The third-order valence-corrected chi connectivity index (χ3v) is 6.96. The van der Waals surface area contributed by atoms with E-state index in [0.29, 0.717) is 43.3 Å². The summed E-state index contributed by atoms with van der Waals surface area (Å²) in [5, 5.41) is 11.7. The standard InChI is InChI=1S/C26H31F3N4O3/c27-26(28,29)36-22-12-10-19(11-13-22)18-31-24(30)33-16-14-32(15-17-33)23(34)25(35,21-8-4-5-9-21)20-6-2-1-3-7-20/h1-3,6-7,10-13,21,35H,4-5,8-9,14-18H2,(H2,30,31). The third-order valence-electron chi connectivity index (χ3n) is 6.96. The fraction of sp³-hybridized carbons (Fsp3) is 0.462. The first-order valence-corrected chi connectivity index (χ1v) is 12.1. The number of rotatable bonds is 6. The summed E-state index contributed by atoms with van der Waals surface area (Å²) in [4.78, 5) is 21.5. The van der Waals surface area contributed by atoms with Crippen molar-refractivity contribution in [1.82, 2.24) is 9.80 Å². The number of ether oxygens (including phenoxy) is 1. The Hall–Kier alpha value is -3.27. The Morgan fingerprint density at radius 2 is 1.56 bits per heavy atom. The molecule has 1 aliphatic carbocycles. The van der Waals surface area contributed by atoms with Gasteiger partial charge in [-0.15, -0.1) is 13.2 Å². The van der Waals surface area contributed by atoms with Gasteiger partial charge in [-0.3, -0.25) is 4.79 Å². The molecule has 3 N–H and O–H groups in total. The second-order valence-electron chi connectivity index (χ2n) is 9.26. The van der Waals surface area contributed by atoms with Crippen LogP contribution in [0.2, 0.25) is 0 Å². The van der Waals surface area contributed by atoms with Crippen molar-refractivity contribution in [2.24, 2.45) is 16.6 Å². The van der Waals surface area contributed by atoms with Gasteiger partial charge in [-0.25, -0.2) is 4.99 Å². The molecule has 1 saturated carbocycles. The highest BCUT2D eigenvalue weighted by molar-refractivity contribution is 5.87. The lowest BCUT2D eigenvalue weighted by atomic mass is 9.79. The van der Waals surface area contributed by atoms with Gasteiger partial charge < -0.3 is 25.4 Å². The second-order valence-corrected chi connectivity index (χ2v) is 9.26. The van der Waals surface area contributed by atoms with Crippen molar-refractivity contribution in [1.29, 1.82) is 0 Å². The van der Waals surface area contributed by atoms with Gasteiger partial charge in [-0.1, -0.05) is 55.3 Å². The van der Waals surface area contributed by atoms with E-state index in [1.807, 2.05) is 35.2 Å². The van der Waals surface area contributed by atoms with Gasteiger partial charge in [0.15, 0.2) is 11.6 Å². The molecular weight excluding hydrogens is 473 g/mol. The van der Waals surface area contributed by atoms with E-state index in [4.69, 9.17) is 5.73 Å². The van der Waals surface area contributed by atoms with Gasteiger partial charge in [-0.2, -0.15) is 0 Å². The molecule has 0 aromatic heterocycles. The maximum Gasteiger partial charge on any atom is 0.573 e. The van der Waals surface area contributed by atoms with E-state index >= 15 is 0 Å². The molecule has 2 aromatic carbocycles. The predicted molar refractivity (Wildman–Crippen MR) is 129 cm³/mol. The Balaban J connectivity index is 1.36. The number of hydrogen-bond acceptors (Lipinski definition) is 4. The summed E-state index contributed by atoms with van der Waals surface area (Å²) in [6, 6.07) is 14.7. The summed E-state index contributed by atoms with van der Waals surface area (Å²) in [7, 11) is 0. The van der Waals surface area contributed by atoms with Crippen molar-refractivity contribution in [3.63, 3.8) is 0 Å². The highest BCUT2D eigenvalue weighted by Crippen LogP contribution is 2.42. The van der Waals surface area contributed by atoms with E-state index in [0.717, 1.165) is 25.7 Å². The van der Waals surface area contributed by atoms with Gasteiger partial charge in [0.05, 0.1) is 6.54 Å². The molecule has 1 saturated heterocycles. The number of amides is 1. The molecule has 2 aromatic rings. The minimum atomic E-state index is -4.73. The molecule has 7 nitrogen and oxygen atoms in total. The fourth-order valence-corrected chi connectivity index (χ4v) is 5.02. The number of aliphatic imine (C=N–C) groups is 1. The summed E-state index contributed by atoms with van der Waals surface area (Å²) < 4.78 is 40.8. The lowest BCUT2D eigenvalue weighted by Gasteiger charge is -2.41. The fourth-order valence-electron chi connectivity index (χ4n) is 5.02. The second kappa shape index (κ2) is 10.8. The van der Waals surface area contributed by atoms with Gasteiger partial charge in [0.2, 0.25) is 0 Å². The lowest BCUT2D eigenvalue weighted by molar-refractivity contribution is -0.274. The van der Waals surface area contributed by atoms with Crippen LogP contribution in [0.15, 0.2) is 59.6 Å². The van der Waals surface area contributed by atoms with Gasteiger partial charge in [0.1, 0.15) is 5.75 Å². The van der Waals surface area contributed by atoms with E-state index in [1.54, 1.807) is 4.90 Å². The van der Waals surface area contributed by atoms with Gasteiger partial charge in [-0.05, 0) is 36.1 Å². The average Bonchev–Trinajstić information content (AvgIpc) is 3.43. The minimum absolute atomic E-state index is 0.106. The smallest absolute Gasteiger partial charge is 0.406 e. The number of alkyl halides is 3. The first-order chi connectivity index (χ1) is 17.2. The summed E-state index contributed by atoms with van der Waals surface area (Å²) in [5.41, 5.74) is 5.94. The van der Waals surface area contributed by atoms with E-state index in [-0.39, 0.29) is 24.1 Å². The predicted octanol–water partition coefficient (Wildman–Crippen LogP) is 3.62. The van der Waals surface area contributed by atoms with Crippen LogP contribution < -0.4 is 10.5 Å². The molecule has 2 fully saturated rings. The number of halogens is 3. The third kappa shape index (κ3) is 5.92. The van der Waals surface area contributed by atoms with Crippen LogP contribution in [0.1, 0.15) is 36.8 Å². The highest BCUT2D eigenvalue weighted by Gasteiger charge is 2.48. The monoisotopic (exact) mass is 504 g/mol. The molecule has 1 unspecified atom stereocenters. The number of piperazine rings is 1. The topological polar surface area (TPSA) is 91.4 Å². The van der Waals surface area contributed by atoms with Gasteiger partial charge in [0.25, 0.3) is 5.91 Å². The van der Waals surface area contributed by atoms with Crippen molar-refractivity contribution in [3.8, 4) is 5.75 Å². The van der Waals surface area contributed by atoms with E-state index in [9.17, 15) is 23.1 Å². The highest BCUT2D eigenvalue weighted by atomic mass is 19.4. The van der Waals surface area contributed by atoms with Crippen LogP contribution in [0.4, 0.5) is 13.2 Å². The normalized spacial score (nSPS) is 19.3. The van der Waals surface area contributed by atoms with Crippen LogP contribution >= 0.6 is 0 Å². The maximum absolute atomic E-state index is 13.6. The minimum Gasteiger partial charge on any atom is -0.406 e. The van der Waals surface area contributed by atoms with Crippen molar-refractivity contribution in [2.45, 2.75) is 44.2 Å². The molecule has 0 bridgehead atoms. The molecule has 1 aliphatic heterocycles. The Morgan fingerprint density at radius 3 is 2.14 bits per heavy atom. The summed E-state index contributed by atoms with van der Waals surface area (Å²) in [5.74, 6) is -0.370. The number of nitrogens with two attached hydrogens (primary N) is 1. The van der Waals surface area contributed by atoms with Crippen LogP contribution in [-0.4, -0.2) is 59.3 Å². The first-order valence-electron chi connectivity index (χ1n) is 12.1. The van der Waals surface area contributed by atoms with E-state index < -0.39 is 12.0 Å². The van der Waals surface area contributed by atoms with Crippen molar-refractivity contribution < 1.29 is 27.8 Å². The number of benzene rings is 2. The molecule has 10 heteroatoms. The molecule has 1 atom stereocenters. The Labute approximate surface area is 208 Å². The quantitative estimate of drug-likeness (QED) is 0.463. The zero-order chi connectivity index (χ0) is 25.8. The summed E-state index contributed by atoms with van der Waals surface area (Å²) in [6.07, 6.45) is -1.08. The number of carbonyl (C=O) groups is 1. The van der Waals surface area contributed by atoms with Crippen molar-refractivity contribution in [2.75, 3.05) is 26.2 Å². The molecule has 1 amide bonds. The SMILES string of the molecule is NC(=NCc1ccc(OC(F)(F)F)cc1)N1CCN(C(=O)C(O)(c2ccccc2)C2CCCC2)CC1. The van der Waals surface area contributed by atoms with Crippen molar-refractivity contribution >= 4 is 11.9 Å². The van der Waals surface area contributed by atoms with Crippen LogP contribution in [-0.2, 0) is 16.9 Å². The number of nitrogens with zero attached hydrogens (tertiary/aromatic N) is 3. The van der Waals surface area contributed by atoms with Crippen LogP contribution in [0, 0.1) is 5.92 Å². The molecular formula is C26H31F3N4O3. The maximum atomic E-state index is 13.6. The van der Waals surface area contributed by atoms with E-state index in [2.05, 4.69) is 9.73 Å². The number of carbonyl (C=O) groups excluding carboxylic acids is 1. The summed E-state index contributed by atoms with van der Waals surface area (Å²) in [6.45, 7) is 1.94. The first kappa shape index (κ1) is 25.8. The van der Waals surface area contributed by atoms with Crippen molar-refractivity contribution in [3.05, 3.63) is 65.7 Å². The molecule has 194 valence electrons. The van der Waals surface area contributed by atoms with Crippen LogP contribution in [0.3, 0.4) is 0 Å².